The summed E-state index contributed by atoms with van der Waals surface area (Å²) in [6, 6.07) is 5.38. The van der Waals surface area contributed by atoms with Gasteiger partial charge in [-0.1, -0.05) is 48.0 Å². The Morgan fingerprint density at radius 1 is 1.04 bits per heavy atom. The van der Waals surface area contributed by atoms with E-state index < -0.39 is 0 Å². The molecular weight excluding hydrogens is 396 g/mol. The molecule has 1 aromatic rings. The third-order valence-corrected chi connectivity index (χ3v) is 5.68. The molecule has 0 bridgehead atoms. The SMILES string of the molecule is O=C(CCCN1C(=O)c2ccc(Br)cc2C1=O)NC1CCCCCCC1. The molecule has 0 saturated heterocycles. The molecule has 1 N–H and O–H groups in total. The number of nitrogens with one attached hydrogen (secondary N) is 1. The van der Waals surface area contributed by atoms with Crippen LogP contribution in [0.25, 0.3) is 0 Å². The maximum atomic E-state index is 12.4. The standard InChI is InChI=1S/C20H25BrN2O3/c21-14-10-11-16-17(13-14)20(26)23(19(16)25)12-6-9-18(24)22-15-7-4-2-1-3-5-8-15/h10-11,13,15H,1-9,12H2,(H,22,24). The number of hydrogen-bond acceptors (Lipinski definition) is 3. The molecule has 3 rings (SSSR count). The lowest BCUT2D eigenvalue weighted by molar-refractivity contribution is -0.122. The minimum Gasteiger partial charge on any atom is -0.353 e. The highest BCUT2D eigenvalue weighted by atomic mass is 79.9. The van der Waals surface area contributed by atoms with Gasteiger partial charge in [0.25, 0.3) is 11.8 Å². The van der Waals surface area contributed by atoms with Crippen LogP contribution < -0.4 is 5.32 Å². The van der Waals surface area contributed by atoms with Crippen LogP contribution in [-0.4, -0.2) is 35.2 Å². The summed E-state index contributed by atoms with van der Waals surface area (Å²) in [5, 5.41) is 3.13. The number of carbonyl (C=O) groups is 3. The maximum absolute atomic E-state index is 12.4. The summed E-state index contributed by atoms with van der Waals surface area (Å²) in [7, 11) is 0. The van der Waals surface area contributed by atoms with Gasteiger partial charge in [0.1, 0.15) is 0 Å². The largest absolute Gasteiger partial charge is 0.353 e. The molecule has 3 amide bonds. The summed E-state index contributed by atoms with van der Waals surface area (Å²) in [5.41, 5.74) is 0.875. The number of nitrogens with zero attached hydrogens (tertiary/aromatic N) is 1. The molecule has 1 fully saturated rings. The van der Waals surface area contributed by atoms with E-state index in [1.807, 2.05) is 0 Å². The molecule has 6 heteroatoms. The van der Waals surface area contributed by atoms with E-state index in [1.165, 1.54) is 37.0 Å². The monoisotopic (exact) mass is 420 g/mol. The Balaban J connectivity index is 1.47. The third kappa shape index (κ3) is 4.53. The molecule has 1 aliphatic carbocycles. The summed E-state index contributed by atoms with van der Waals surface area (Å²) >= 11 is 3.33. The van der Waals surface area contributed by atoms with E-state index in [0.29, 0.717) is 24.0 Å². The molecule has 2 aliphatic rings. The molecule has 26 heavy (non-hydrogen) atoms. The molecule has 0 aromatic heterocycles. The molecule has 1 heterocycles. The van der Waals surface area contributed by atoms with Crippen molar-refractivity contribution in [2.75, 3.05) is 6.54 Å². The smallest absolute Gasteiger partial charge is 0.261 e. The van der Waals surface area contributed by atoms with E-state index in [2.05, 4.69) is 21.2 Å². The second-order valence-electron chi connectivity index (χ2n) is 7.16. The Kier molecular flexibility index (Phi) is 6.46. The molecule has 140 valence electrons. The highest BCUT2D eigenvalue weighted by Crippen LogP contribution is 2.26. The van der Waals surface area contributed by atoms with Gasteiger partial charge in [0.2, 0.25) is 5.91 Å². The van der Waals surface area contributed by atoms with Crippen LogP contribution in [0.4, 0.5) is 0 Å². The van der Waals surface area contributed by atoms with Gasteiger partial charge in [-0.15, -0.1) is 0 Å². The number of hydrogen-bond donors (Lipinski definition) is 1. The second kappa shape index (κ2) is 8.80. The molecule has 1 aromatic carbocycles. The van der Waals surface area contributed by atoms with E-state index in [0.717, 1.165) is 17.3 Å². The number of benzene rings is 1. The second-order valence-corrected chi connectivity index (χ2v) is 8.08. The van der Waals surface area contributed by atoms with Crippen molar-refractivity contribution in [3.63, 3.8) is 0 Å². The fraction of sp³-hybridized carbons (Fsp3) is 0.550. The van der Waals surface area contributed by atoms with Gasteiger partial charge < -0.3 is 5.32 Å². The zero-order valence-electron chi connectivity index (χ0n) is 14.9. The summed E-state index contributed by atoms with van der Waals surface area (Å²) in [5.74, 6) is -0.514. The molecule has 0 spiro atoms. The molecule has 0 atom stereocenters. The first-order valence-electron chi connectivity index (χ1n) is 9.51. The number of halogens is 1. The highest BCUT2D eigenvalue weighted by Gasteiger charge is 2.35. The minimum absolute atomic E-state index is 0.0231. The van der Waals surface area contributed by atoms with Crippen LogP contribution in [0.1, 0.15) is 78.5 Å². The fourth-order valence-corrected chi connectivity index (χ4v) is 4.13. The zero-order chi connectivity index (χ0) is 18.5. The first-order chi connectivity index (χ1) is 12.6. The topological polar surface area (TPSA) is 66.5 Å². The summed E-state index contributed by atoms with van der Waals surface area (Å²) in [6.07, 6.45) is 9.10. The minimum atomic E-state index is -0.272. The van der Waals surface area contributed by atoms with Gasteiger partial charge in [0.05, 0.1) is 11.1 Å². The molecule has 0 unspecified atom stereocenters. The molecule has 5 nitrogen and oxygen atoms in total. The molecular formula is C20H25BrN2O3. The van der Waals surface area contributed by atoms with Crippen molar-refractivity contribution < 1.29 is 14.4 Å². The maximum Gasteiger partial charge on any atom is 0.261 e. The van der Waals surface area contributed by atoms with Gasteiger partial charge >= 0.3 is 0 Å². The zero-order valence-corrected chi connectivity index (χ0v) is 16.5. The predicted octanol–water partition coefficient (Wildman–Crippen LogP) is 4.05. The quantitative estimate of drug-likeness (QED) is 0.730. The predicted molar refractivity (Wildman–Crippen MR) is 103 cm³/mol. The fourth-order valence-electron chi connectivity index (χ4n) is 3.76. The van der Waals surface area contributed by atoms with Gasteiger partial charge in [-0.25, -0.2) is 0 Å². The van der Waals surface area contributed by atoms with Crippen molar-refractivity contribution in [3.05, 3.63) is 33.8 Å². The highest BCUT2D eigenvalue weighted by molar-refractivity contribution is 9.10. The number of fused-ring (bicyclic) bond motifs is 1. The van der Waals surface area contributed by atoms with Gasteiger partial charge in [0, 0.05) is 23.5 Å². The molecule has 1 saturated carbocycles. The van der Waals surface area contributed by atoms with Crippen molar-refractivity contribution in [2.24, 2.45) is 0 Å². The van der Waals surface area contributed by atoms with Crippen molar-refractivity contribution in [3.8, 4) is 0 Å². The van der Waals surface area contributed by atoms with E-state index in [9.17, 15) is 14.4 Å². The number of imide groups is 1. The van der Waals surface area contributed by atoms with Crippen LogP contribution in [-0.2, 0) is 4.79 Å². The number of rotatable bonds is 5. The van der Waals surface area contributed by atoms with Crippen molar-refractivity contribution >= 4 is 33.7 Å². The van der Waals surface area contributed by atoms with Crippen LogP contribution in [0.15, 0.2) is 22.7 Å². The Morgan fingerprint density at radius 2 is 1.69 bits per heavy atom. The normalized spacial score (nSPS) is 18.4. The van der Waals surface area contributed by atoms with Crippen molar-refractivity contribution in [1.82, 2.24) is 10.2 Å². The van der Waals surface area contributed by atoms with Gasteiger partial charge in [-0.3, -0.25) is 19.3 Å². The van der Waals surface area contributed by atoms with Crippen LogP contribution in [0.3, 0.4) is 0 Å². The average Bonchev–Trinajstić information content (AvgIpc) is 2.81. The lowest BCUT2D eigenvalue weighted by atomic mass is 9.96. The van der Waals surface area contributed by atoms with Crippen LogP contribution in [0, 0.1) is 0 Å². The van der Waals surface area contributed by atoms with E-state index in [4.69, 9.17) is 0 Å². The van der Waals surface area contributed by atoms with Crippen LogP contribution in [0.2, 0.25) is 0 Å². The molecule has 1 aliphatic heterocycles. The van der Waals surface area contributed by atoms with E-state index in [1.54, 1.807) is 18.2 Å². The van der Waals surface area contributed by atoms with Crippen LogP contribution >= 0.6 is 15.9 Å². The first kappa shape index (κ1) is 19.1. The molecule has 0 radical (unpaired) electrons. The summed E-state index contributed by atoms with van der Waals surface area (Å²) < 4.78 is 0.776. The average molecular weight is 421 g/mol. The lowest BCUT2D eigenvalue weighted by Gasteiger charge is -2.21. The summed E-state index contributed by atoms with van der Waals surface area (Å²) in [4.78, 5) is 38.2. The van der Waals surface area contributed by atoms with Gasteiger partial charge in [-0.05, 0) is 37.5 Å². The van der Waals surface area contributed by atoms with Crippen molar-refractivity contribution in [2.45, 2.75) is 63.8 Å². The summed E-state index contributed by atoms with van der Waals surface area (Å²) in [6.45, 7) is 0.280. The lowest BCUT2D eigenvalue weighted by Crippen LogP contribution is -2.36. The van der Waals surface area contributed by atoms with Crippen molar-refractivity contribution in [1.29, 1.82) is 0 Å². The Bertz CT molecular complexity index is 696. The van der Waals surface area contributed by atoms with E-state index in [-0.39, 0.29) is 30.3 Å². The Morgan fingerprint density at radius 3 is 2.42 bits per heavy atom. The third-order valence-electron chi connectivity index (χ3n) is 5.19. The Hall–Kier alpha value is -1.69. The number of amides is 3. The van der Waals surface area contributed by atoms with Crippen LogP contribution in [0.5, 0.6) is 0 Å². The first-order valence-corrected chi connectivity index (χ1v) is 10.3. The van der Waals surface area contributed by atoms with Gasteiger partial charge in [0.15, 0.2) is 0 Å². The Labute approximate surface area is 162 Å². The number of carbonyl (C=O) groups excluding carboxylic acids is 3. The van der Waals surface area contributed by atoms with E-state index >= 15 is 0 Å². The van der Waals surface area contributed by atoms with Gasteiger partial charge in [-0.2, -0.15) is 0 Å².